The molecule has 124 valence electrons. The average molecular weight is 432 g/mol. The Balaban J connectivity index is 4.14. The van der Waals surface area contributed by atoms with Crippen LogP contribution in [0.1, 0.15) is 53.4 Å². The van der Waals surface area contributed by atoms with Crippen LogP contribution in [0.15, 0.2) is 0 Å². The van der Waals surface area contributed by atoms with Crippen molar-refractivity contribution in [3.05, 3.63) is 0 Å². The molecule has 0 spiro atoms. The van der Waals surface area contributed by atoms with Crippen LogP contribution in [0.25, 0.3) is 0 Å². The molecule has 0 saturated carbocycles. The van der Waals surface area contributed by atoms with E-state index in [4.69, 9.17) is 24.4 Å². The molecule has 0 amide bonds. The van der Waals surface area contributed by atoms with Gasteiger partial charge in [0.1, 0.15) is 0 Å². The number of thiocarbonyl (C=S) groups is 2. The fourth-order valence-electron chi connectivity index (χ4n) is 1.85. The third-order valence-electron chi connectivity index (χ3n) is 2.70. The van der Waals surface area contributed by atoms with Crippen LogP contribution in [-0.2, 0) is 0 Å². The molecular weight excluding hydrogens is 403 g/mol. The SMILES string of the molecule is CCCN(CCC)C(=S)S[Se]SC(=S)N(CCC)CCC. The van der Waals surface area contributed by atoms with Gasteiger partial charge in [0.25, 0.3) is 0 Å². The van der Waals surface area contributed by atoms with Gasteiger partial charge in [-0.15, -0.1) is 0 Å². The van der Waals surface area contributed by atoms with Crippen molar-refractivity contribution in [1.29, 1.82) is 0 Å². The predicted octanol–water partition coefficient (Wildman–Crippen LogP) is 4.80. The third-order valence-corrected chi connectivity index (χ3v) is 11.0. The quantitative estimate of drug-likeness (QED) is 0.359. The Bertz CT molecular complexity index is 263. The van der Waals surface area contributed by atoms with Crippen LogP contribution in [0.5, 0.6) is 0 Å². The second kappa shape index (κ2) is 14.6. The first-order chi connectivity index (χ1) is 10.1. The van der Waals surface area contributed by atoms with Crippen molar-refractivity contribution in [3.63, 3.8) is 0 Å². The molecule has 0 atom stereocenters. The molecule has 21 heavy (non-hydrogen) atoms. The maximum absolute atomic E-state index is 5.56. The molecule has 0 fully saturated rings. The van der Waals surface area contributed by atoms with E-state index in [2.05, 4.69) is 37.5 Å². The molecule has 0 rings (SSSR count). The van der Waals surface area contributed by atoms with E-state index in [1.807, 2.05) is 20.4 Å². The van der Waals surface area contributed by atoms with Crippen molar-refractivity contribution in [2.75, 3.05) is 26.2 Å². The van der Waals surface area contributed by atoms with E-state index in [-0.39, 0.29) is 0 Å². The first-order valence-corrected chi connectivity index (χ1v) is 14.2. The molecule has 0 heterocycles. The Morgan fingerprint density at radius 2 is 1.00 bits per heavy atom. The number of hydrogen-bond acceptors (Lipinski definition) is 4. The van der Waals surface area contributed by atoms with Crippen molar-refractivity contribution in [2.45, 2.75) is 53.4 Å². The molecule has 0 aromatic heterocycles. The second-order valence-electron chi connectivity index (χ2n) is 4.74. The topological polar surface area (TPSA) is 6.48 Å². The summed E-state index contributed by atoms with van der Waals surface area (Å²) in [4.78, 5) is 4.67. The Hall–Kier alpha value is 0.999. The molecule has 0 aliphatic rings. The fourth-order valence-corrected chi connectivity index (χ4v) is 10.2. The fraction of sp³-hybridized carbons (Fsp3) is 0.857. The Morgan fingerprint density at radius 3 is 1.24 bits per heavy atom. The summed E-state index contributed by atoms with van der Waals surface area (Å²) < 4.78 is 2.10. The summed E-state index contributed by atoms with van der Waals surface area (Å²) in [6.45, 7) is 13.1. The van der Waals surface area contributed by atoms with Gasteiger partial charge in [0.15, 0.2) is 0 Å². The molecule has 0 unspecified atom stereocenters. The second-order valence-corrected chi connectivity index (χ2v) is 12.3. The van der Waals surface area contributed by atoms with Crippen molar-refractivity contribution >= 4 is 66.2 Å². The average Bonchev–Trinajstić information content (AvgIpc) is 2.46. The van der Waals surface area contributed by atoms with E-state index >= 15 is 0 Å². The first kappa shape index (κ1) is 22.0. The molecular formula is C14H28N2S4Se. The summed E-state index contributed by atoms with van der Waals surface area (Å²) in [7, 11) is 3.63. The van der Waals surface area contributed by atoms with Crippen molar-refractivity contribution in [3.8, 4) is 0 Å². The van der Waals surface area contributed by atoms with E-state index in [0.29, 0.717) is 12.7 Å². The molecule has 0 saturated heterocycles. The normalized spacial score (nSPS) is 10.5. The van der Waals surface area contributed by atoms with Gasteiger partial charge in [0.05, 0.1) is 0 Å². The van der Waals surface area contributed by atoms with Crippen LogP contribution >= 0.6 is 44.8 Å². The van der Waals surface area contributed by atoms with Crippen LogP contribution in [0.4, 0.5) is 0 Å². The Morgan fingerprint density at radius 1 is 0.714 bits per heavy atom. The molecule has 0 radical (unpaired) electrons. The maximum atomic E-state index is 5.56. The van der Waals surface area contributed by atoms with Crippen LogP contribution in [0.3, 0.4) is 0 Å². The minimum absolute atomic E-state index is 0.341. The molecule has 0 aliphatic carbocycles. The number of nitrogens with zero attached hydrogens (tertiary/aromatic N) is 2. The Kier molecular flexibility index (Phi) is 15.3. The predicted molar refractivity (Wildman–Crippen MR) is 110 cm³/mol. The van der Waals surface area contributed by atoms with Gasteiger partial charge >= 0.3 is 156 Å². The summed E-state index contributed by atoms with van der Waals surface area (Å²) in [5.41, 5.74) is 0. The van der Waals surface area contributed by atoms with Gasteiger partial charge < -0.3 is 0 Å². The molecule has 0 aliphatic heterocycles. The van der Waals surface area contributed by atoms with Crippen LogP contribution in [0, 0.1) is 0 Å². The van der Waals surface area contributed by atoms with Crippen molar-refractivity contribution < 1.29 is 0 Å². The minimum atomic E-state index is 0.341. The zero-order chi connectivity index (χ0) is 16.1. The van der Waals surface area contributed by atoms with E-state index < -0.39 is 0 Å². The van der Waals surface area contributed by atoms with Crippen LogP contribution < -0.4 is 0 Å². The summed E-state index contributed by atoms with van der Waals surface area (Å²) >= 11 is 11.5. The van der Waals surface area contributed by atoms with Gasteiger partial charge in [0, 0.05) is 0 Å². The molecule has 7 heteroatoms. The van der Waals surface area contributed by atoms with Gasteiger partial charge in [-0.2, -0.15) is 0 Å². The van der Waals surface area contributed by atoms with Gasteiger partial charge in [-0.3, -0.25) is 0 Å². The van der Waals surface area contributed by atoms with Gasteiger partial charge in [-0.05, 0) is 0 Å². The number of hydrogen-bond donors (Lipinski definition) is 0. The molecule has 2 nitrogen and oxygen atoms in total. The molecule has 0 bridgehead atoms. The summed E-state index contributed by atoms with van der Waals surface area (Å²) in [5.74, 6) is 0. The van der Waals surface area contributed by atoms with Gasteiger partial charge in [-0.25, -0.2) is 0 Å². The summed E-state index contributed by atoms with van der Waals surface area (Å²) in [6.07, 6.45) is 4.61. The zero-order valence-electron chi connectivity index (χ0n) is 13.6. The monoisotopic (exact) mass is 432 g/mol. The van der Waals surface area contributed by atoms with Crippen molar-refractivity contribution in [1.82, 2.24) is 9.80 Å². The molecule has 0 aromatic rings. The van der Waals surface area contributed by atoms with E-state index in [1.54, 1.807) is 0 Å². The summed E-state index contributed by atoms with van der Waals surface area (Å²) in [5, 5.41) is 0. The molecule has 0 aromatic carbocycles. The standard InChI is InChI=1S/C14H28N2S4Se/c1-5-9-15(10-6-2)13(17)19-21-20-14(18)16(11-7-3)12-8-4/h5-12H2,1-4H3. The number of rotatable bonds is 10. The molecule has 0 N–H and O–H groups in total. The van der Waals surface area contributed by atoms with E-state index in [1.165, 1.54) is 0 Å². The third kappa shape index (κ3) is 10.4. The van der Waals surface area contributed by atoms with E-state index in [0.717, 1.165) is 60.5 Å². The zero-order valence-corrected chi connectivity index (χ0v) is 18.6. The van der Waals surface area contributed by atoms with Gasteiger partial charge in [0.2, 0.25) is 0 Å². The van der Waals surface area contributed by atoms with Crippen LogP contribution in [-0.4, -0.2) is 57.3 Å². The van der Waals surface area contributed by atoms with Gasteiger partial charge in [-0.1, -0.05) is 0 Å². The van der Waals surface area contributed by atoms with E-state index in [9.17, 15) is 0 Å². The summed E-state index contributed by atoms with van der Waals surface area (Å²) in [6, 6.07) is 0. The van der Waals surface area contributed by atoms with Crippen LogP contribution in [0.2, 0.25) is 0 Å². The van der Waals surface area contributed by atoms with Crippen molar-refractivity contribution in [2.24, 2.45) is 0 Å². The Labute approximate surface area is 154 Å². The first-order valence-electron chi connectivity index (χ1n) is 7.69.